The van der Waals surface area contributed by atoms with Crippen LogP contribution >= 0.6 is 0 Å². The van der Waals surface area contributed by atoms with E-state index in [1.54, 1.807) is 53.2 Å². The first-order chi connectivity index (χ1) is 13.1. The monoisotopic (exact) mass is 364 g/mol. The summed E-state index contributed by atoms with van der Waals surface area (Å²) in [7, 11) is 0. The number of aromatic nitrogens is 3. The van der Waals surface area contributed by atoms with Crippen LogP contribution in [0.4, 0.5) is 10.2 Å². The van der Waals surface area contributed by atoms with E-state index in [1.807, 2.05) is 0 Å². The van der Waals surface area contributed by atoms with Crippen LogP contribution in [0.2, 0.25) is 0 Å². The van der Waals surface area contributed by atoms with Gasteiger partial charge in [0.2, 0.25) is 0 Å². The predicted molar refractivity (Wildman–Crippen MR) is 99.9 cm³/mol. The lowest BCUT2D eigenvalue weighted by Gasteiger charge is -2.15. The Kier molecular flexibility index (Phi) is 4.43. The van der Waals surface area contributed by atoms with Gasteiger partial charge in [-0.05, 0) is 42.0 Å². The van der Waals surface area contributed by atoms with Crippen molar-refractivity contribution in [3.05, 3.63) is 78.2 Å². The van der Waals surface area contributed by atoms with Crippen molar-refractivity contribution >= 4 is 11.5 Å². The Labute approximate surface area is 154 Å². The minimum absolute atomic E-state index is 0.100. The maximum absolute atomic E-state index is 13.2. The van der Waals surface area contributed by atoms with Crippen LogP contribution in [0, 0.1) is 5.82 Å². The van der Waals surface area contributed by atoms with Crippen molar-refractivity contribution in [2.45, 2.75) is 6.10 Å². The Morgan fingerprint density at radius 2 is 1.89 bits per heavy atom. The highest BCUT2D eigenvalue weighted by Crippen LogP contribution is 2.24. The van der Waals surface area contributed by atoms with Gasteiger partial charge in [-0.1, -0.05) is 12.1 Å². The van der Waals surface area contributed by atoms with E-state index in [1.165, 1.54) is 18.2 Å². The molecule has 27 heavy (non-hydrogen) atoms. The molecule has 4 rings (SSSR count). The number of aliphatic hydroxyl groups excluding tert-OH is 1. The smallest absolute Gasteiger partial charge is 0.157 e. The number of rotatable bonds is 5. The van der Waals surface area contributed by atoms with Gasteiger partial charge in [0.25, 0.3) is 0 Å². The first kappa shape index (κ1) is 17.0. The molecule has 0 saturated carbocycles. The number of aliphatic hydroxyl groups is 1. The van der Waals surface area contributed by atoms with Crippen molar-refractivity contribution in [3.63, 3.8) is 0 Å². The molecule has 0 aliphatic carbocycles. The second-order valence-electron chi connectivity index (χ2n) is 6.13. The molecule has 0 radical (unpaired) electrons. The highest BCUT2D eigenvalue weighted by Gasteiger charge is 2.12. The molecule has 0 unspecified atom stereocenters. The Balaban J connectivity index is 1.62. The number of nitrogens with one attached hydrogen (secondary N) is 1. The Hall–Kier alpha value is -3.45. The third-order valence-corrected chi connectivity index (χ3v) is 4.23. The van der Waals surface area contributed by atoms with E-state index < -0.39 is 6.10 Å². The summed E-state index contributed by atoms with van der Waals surface area (Å²) in [5.74, 6) is 0.434. The quantitative estimate of drug-likeness (QED) is 0.506. The molecule has 0 aliphatic rings. The van der Waals surface area contributed by atoms with E-state index in [4.69, 9.17) is 0 Å². The van der Waals surface area contributed by atoms with Gasteiger partial charge >= 0.3 is 0 Å². The lowest BCUT2D eigenvalue weighted by Crippen LogP contribution is -2.15. The average Bonchev–Trinajstić information content (AvgIpc) is 3.15. The molecule has 4 aromatic rings. The molecular weight excluding hydrogens is 347 g/mol. The third-order valence-electron chi connectivity index (χ3n) is 4.23. The van der Waals surface area contributed by atoms with Gasteiger partial charge in [0.1, 0.15) is 17.4 Å². The number of hydrogen-bond acceptors (Lipinski definition) is 5. The van der Waals surface area contributed by atoms with Crippen LogP contribution in [-0.2, 0) is 0 Å². The van der Waals surface area contributed by atoms with Gasteiger partial charge < -0.3 is 15.5 Å². The number of nitrogens with zero attached hydrogens (tertiary/aromatic N) is 3. The van der Waals surface area contributed by atoms with Crippen molar-refractivity contribution in [3.8, 4) is 17.0 Å². The van der Waals surface area contributed by atoms with Crippen molar-refractivity contribution < 1.29 is 14.6 Å². The molecule has 136 valence electrons. The molecule has 1 atom stereocenters. The molecule has 0 amide bonds. The highest BCUT2D eigenvalue weighted by atomic mass is 19.1. The molecule has 6 nitrogen and oxygen atoms in total. The minimum atomic E-state index is -0.815. The first-order valence-electron chi connectivity index (χ1n) is 8.42. The zero-order valence-corrected chi connectivity index (χ0v) is 14.2. The maximum atomic E-state index is 13.2. The highest BCUT2D eigenvalue weighted by molar-refractivity contribution is 5.66. The predicted octanol–water partition coefficient (Wildman–Crippen LogP) is 3.39. The Morgan fingerprint density at radius 1 is 1.07 bits per heavy atom. The third kappa shape index (κ3) is 3.58. The topological polar surface area (TPSA) is 82.7 Å². The van der Waals surface area contributed by atoms with Crippen LogP contribution in [0.5, 0.6) is 5.75 Å². The summed E-state index contributed by atoms with van der Waals surface area (Å²) in [4.78, 5) is 4.54. The average molecular weight is 364 g/mol. The number of phenols is 1. The fourth-order valence-electron chi connectivity index (χ4n) is 2.86. The van der Waals surface area contributed by atoms with Gasteiger partial charge in [0.05, 0.1) is 18.0 Å². The summed E-state index contributed by atoms with van der Waals surface area (Å²) < 4.78 is 14.8. The van der Waals surface area contributed by atoms with Gasteiger partial charge in [-0.2, -0.15) is 9.61 Å². The Morgan fingerprint density at radius 3 is 2.67 bits per heavy atom. The normalized spacial score (nSPS) is 12.2. The summed E-state index contributed by atoms with van der Waals surface area (Å²) in [6, 6.07) is 16.1. The molecule has 0 saturated heterocycles. The largest absolute Gasteiger partial charge is 0.508 e. The first-order valence-corrected chi connectivity index (χ1v) is 8.42. The van der Waals surface area contributed by atoms with E-state index in [-0.39, 0.29) is 18.1 Å². The van der Waals surface area contributed by atoms with Gasteiger partial charge in [-0.15, -0.1) is 0 Å². The van der Waals surface area contributed by atoms with Crippen LogP contribution in [-0.4, -0.2) is 31.4 Å². The number of hydrogen-bond donors (Lipinski definition) is 3. The van der Waals surface area contributed by atoms with Crippen molar-refractivity contribution in [2.75, 3.05) is 11.9 Å². The van der Waals surface area contributed by atoms with E-state index in [0.717, 1.165) is 5.56 Å². The molecule has 3 N–H and O–H groups in total. The van der Waals surface area contributed by atoms with Crippen LogP contribution in [0.3, 0.4) is 0 Å². The summed E-state index contributed by atoms with van der Waals surface area (Å²) in [5.41, 5.74) is 2.67. The maximum Gasteiger partial charge on any atom is 0.157 e. The summed E-state index contributed by atoms with van der Waals surface area (Å²) in [5, 5.41) is 27.4. The van der Waals surface area contributed by atoms with E-state index in [0.29, 0.717) is 22.7 Å². The standard InChI is InChI=1S/C20H17FN4O2/c21-15-6-4-13(5-7-15)17-11-20(25-19(24-17)8-9-23-25)22-12-18(27)14-2-1-3-16(26)10-14/h1-11,18,22,26-27H,12H2/t18-/m1/s1. The fourth-order valence-corrected chi connectivity index (χ4v) is 2.86. The molecule has 0 aliphatic heterocycles. The Bertz CT molecular complexity index is 1080. The number of benzene rings is 2. The second-order valence-corrected chi connectivity index (χ2v) is 6.13. The van der Waals surface area contributed by atoms with Crippen molar-refractivity contribution in [1.82, 2.24) is 14.6 Å². The van der Waals surface area contributed by atoms with E-state index >= 15 is 0 Å². The van der Waals surface area contributed by atoms with Crippen LogP contribution in [0.1, 0.15) is 11.7 Å². The number of halogens is 1. The molecular formula is C20H17FN4O2. The molecule has 2 aromatic heterocycles. The zero-order chi connectivity index (χ0) is 18.8. The molecule has 2 heterocycles. The van der Waals surface area contributed by atoms with Crippen molar-refractivity contribution in [2.24, 2.45) is 0 Å². The molecule has 0 bridgehead atoms. The second kappa shape index (κ2) is 7.05. The summed E-state index contributed by atoms with van der Waals surface area (Å²) in [6.07, 6.45) is 0.818. The van der Waals surface area contributed by atoms with Gasteiger partial charge in [0.15, 0.2) is 5.65 Å². The fraction of sp³-hybridized carbons (Fsp3) is 0.100. The van der Waals surface area contributed by atoms with Crippen LogP contribution < -0.4 is 5.32 Å². The van der Waals surface area contributed by atoms with Crippen LogP contribution in [0.25, 0.3) is 16.9 Å². The lowest BCUT2D eigenvalue weighted by molar-refractivity contribution is 0.191. The molecule has 0 spiro atoms. The molecule has 7 heteroatoms. The summed E-state index contributed by atoms with van der Waals surface area (Å²) in [6.45, 7) is 0.214. The van der Waals surface area contributed by atoms with Gasteiger partial charge in [0, 0.05) is 24.2 Å². The van der Waals surface area contributed by atoms with E-state index in [2.05, 4.69) is 15.4 Å². The van der Waals surface area contributed by atoms with Gasteiger partial charge in [-0.3, -0.25) is 0 Å². The number of fused-ring (bicyclic) bond motifs is 1. The number of aromatic hydroxyl groups is 1. The summed E-state index contributed by atoms with van der Waals surface area (Å²) >= 11 is 0. The van der Waals surface area contributed by atoms with Crippen molar-refractivity contribution in [1.29, 1.82) is 0 Å². The lowest BCUT2D eigenvalue weighted by atomic mass is 10.1. The van der Waals surface area contributed by atoms with Gasteiger partial charge in [-0.25, -0.2) is 9.37 Å². The number of anilines is 1. The molecule has 0 fully saturated rings. The van der Waals surface area contributed by atoms with Crippen LogP contribution in [0.15, 0.2) is 66.9 Å². The van der Waals surface area contributed by atoms with E-state index in [9.17, 15) is 14.6 Å². The zero-order valence-electron chi connectivity index (χ0n) is 14.2. The minimum Gasteiger partial charge on any atom is -0.508 e. The SMILES string of the molecule is Oc1cccc([C@H](O)CNc2cc(-c3ccc(F)cc3)nc3ccnn23)c1. The molecule has 2 aromatic carbocycles. The number of phenolic OH excluding ortho intramolecular Hbond substituents is 1.